The Balaban J connectivity index is 1.92. The molecule has 1 aliphatic heterocycles. The van der Waals surface area contributed by atoms with E-state index in [1.54, 1.807) is 0 Å². The minimum Gasteiger partial charge on any atom is -0.449 e. The number of benzene rings is 3. The summed E-state index contributed by atoms with van der Waals surface area (Å²) in [5.74, 6) is -0.262. The summed E-state index contributed by atoms with van der Waals surface area (Å²) in [5.41, 5.74) is 2.52. The molecule has 102 valence electrons. The first-order valence-corrected chi connectivity index (χ1v) is 7.10. The summed E-state index contributed by atoms with van der Waals surface area (Å²) in [6, 6.07) is 19.3. The summed E-state index contributed by atoms with van der Waals surface area (Å²) in [6.07, 6.45) is -0.352. The molecule has 1 heterocycles. The fourth-order valence-corrected chi connectivity index (χ4v) is 2.98. The molecule has 1 atom stereocenters. The third-order valence-corrected chi connectivity index (χ3v) is 4.10. The highest BCUT2D eigenvalue weighted by Crippen LogP contribution is 2.39. The van der Waals surface area contributed by atoms with Crippen LogP contribution in [0.1, 0.15) is 27.6 Å². The average Bonchev–Trinajstić information content (AvgIpc) is 2.86. The molecule has 3 aromatic rings. The summed E-state index contributed by atoms with van der Waals surface area (Å²) in [4.78, 5) is 12.3. The van der Waals surface area contributed by atoms with Crippen LogP contribution in [-0.2, 0) is 4.74 Å². The maximum absolute atomic E-state index is 12.3. The lowest BCUT2D eigenvalue weighted by molar-refractivity contribution is 0.0457. The fraction of sp³-hybridized carbons (Fsp3) is 0.0556. The minimum atomic E-state index is -0.352. The number of fused-ring (bicyclic) bond motifs is 3. The van der Waals surface area contributed by atoms with Crippen LogP contribution in [0.15, 0.2) is 60.7 Å². The molecule has 0 fully saturated rings. The van der Waals surface area contributed by atoms with E-state index in [2.05, 4.69) is 0 Å². The molecular formula is C18H11ClO2. The number of ether oxygens (including phenoxy) is 1. The van der Waals surface area contributed by atoms with E-state index in [9.17, 15) is 4.79 Å². The van der Waals surface area contributed by atoms with Crippen LogP contribution >= 0.6 is 11.6 Å². The number of hydrogen-bond acceptors (Lipinski definition) is 2. The van der Waals surface area contributed by atoms with Crippen LogP contribution in [0.4, 0.5) is 0 Å². The van der Waals surface area contributed by atoms with Gasteiger partial charge in [0.15, 0.2) is 6.10 Å². The normalized spacial score (nSPS) is 16.8. The van der Waals surface area contributed by atoms with Gasteiger partial charge in [0.2, 0.25) is 0 Å². The molecule has 0 radical (unpaired) electrons. The van der Waals surface area contributed by atoms with Crippen LogP contribution in [-0.4, -0.2) is 5.97 Å². The van der Waals surface area contributed by atoms with Crippen LogP contribution in [0.2, 0.25) is 5.02 Å². The first kappa shape index (κ1) is 12.4. The Bertz CT molecular complexity index is 853. The molecule has 0 spiro atoms. The SMILES string of the molecule is O=C1OC(c2ccc(Cl)cc2)c2ccc3ccccc3c21. The number of esters is 1. The van der Waals surface area contributed by atoms with E-state index in [4.69, 9.17) is 16.3 Å². The zero-order valence-electron chi connectivity index (χ0n) is 11.0. The van der Waals surface area contributed by atoms with Crippen LogP contribution < -0.4 is 0 Å². The van der Waals surface area contributed by atoms with E-state index < -0.39 is 0 Å². The van der Waals surface area contributed by atoms with Crippen LogP contribution in [0.5, 0.6) is 0 Å². The fourth-order valence-electron chi connectivity index (χ4n) is 2.85. The van der Waals surface area contributed by atoms with E-state index in [1.807, 2.05) is 60.7 Å². The van der Waals surface area contributed by atoms with Crippen molar-refractivity contribution < 1.29 is 9.53 Å². The highest BCUT2D eigenvalue weighted by molar-refractivity contribution is 6.30. The second kappa shape index (κ2) is 4.61. The maximum atomic E-state index is 12.3. The van der Waals surface area contributed by atoms with Crippen molar-refractivity contribution in [2.45, 2.75) is 6.10 Å². The third kappa shape index (κ3) is 1.91. The van der Waals surface area contributed by atoms with Crippen molar-refractivity contribution in [3.63, 3.8) is 0 Å². The van der Waals surface area contributed by atoms with Crippen molar-refractivity contribution in [2.24, 2.45) is 0 Å². The number of carbonyl (C=O) groups is 1. The molecule has 3 heteroatoms. The Labute approximate surface area is 126 Å². The Hall–Kier alpha value is -2.32. The van der Waals surface area contributed by atoms with Gasteiger partial charge >= 0.3 is 5.97 Å². The van der Waals surface area contributed by atoms with Gasteiger partial charge in [-0.25, -0.2) is 4.79 Å². The number of halogens is 1. The molecule has 0 aliphatic carbocycles. The van der Waals surface area contributed by atoms with Crippen molar-refractivity contribution in [2.75, 3.05) is 0 Å². The lowest BCUT2D eigenvalue weighted by Crippen LogP contribution is -2.00. The summed E-state index contributed by atoms with van der Waals surface area (Å²) in [5, 5.41) is 2.66. The first-order valence-electron chi connectivity index (χ1n) is 6.72. The monoisotopic (exact) mass is 294 g/mol. The number of rotatable bonds is 1. The Kier molecular flexibility index (Phi) is 2.72. The summed E-state index contributed by atoms with van der Waals surface area (Å²) < 4.78 is 5.58. The molecule has 4 rings (SSSR count). The molecule has 0 bridgehead atoms. The molecule has 0 saturated heterocycles. The molecule has 2 nitrogen and oxygen atoms in total. The van der Waals surface area contributed by atoms with Crippen LogP contribution in [0.3, 0.4) is 0 Å². The molecular weight excluding hydrogens is 284 g/mol. The molecule has 3 aromatic carbocycles. The summed E-state index contributed by atoms with van der Waals surface area (Å²) in [6.45, 7) is 0. The van der Waals surface area contributed by atoms with Crippen molar-refractivity contribution in [1.29, 1.82) is 0 Å². The van der Waals surface area contributed by atoms with E-state index in [0.29, 0.717) is 10.6 Å². The van der Waals surface area contributed by atoms with Crippen LogP contribution in [0.25, 0.3) is 10.8 Å². The van der Waals surface area contributed by atoms with Gasteiger partial charge in [-0.05, 0) is 28.5 Å². The smallest absolute Gasteiger partial charge is 0.340 e. The van der Waals surface area contributed by atoms with Gasteiger partial charge in [-0.3, -0.25) is 0 Å². The van der Waals surface area contributed by atoms with E-state index >= 15 is 0 Å². The Morgan fingerprint density at radius 1 is 0.905 bits per heavy atom. The van der Waals surface area contributed by atoms with E-state index in [0.717, 1.165) is 21.9 Å². The molecule has 21 heavy (non-hydrogen) atoms. The summed E-state index contributed by atoms with van der Waals surface area (Å²) >= 11 is 5.92. The topological polar surface area (TPSA) is 26.3 Å². The lowest BCUT2D eigenvalue weighted by Gasteiger charge is -2.11. The van der Waals surface area contributed by atoms with E-state index in [-0.39, 0.29) is 12.1 Å². The van der Waals surface area contributed by atoms with Gasteiger partial charge in [0.25, 0.3) is 0 Å². The second-order valence-electron chi connectivity index (χ2n) is 5.09. The first-order chi connectivity index (χ1) is 10.2. The maximum Gasteiger partial charge on any atom is 0.340 e. The van der Waals surface area contributed by atoms with Crippen molar-refractivity contribution in [3.05, 3.63) is 82.4 Å². The van der Waals surface area contributed by atoms with E-state index in [1.165, 1.54) is 0 Å². The lowest BCUT2D eigenvalue weighted by atomic mass is 9.95. The molecule has 0 aromatic heterocycles. The predicted molar refractivity (Wildman–Crippen MR) is 82.7 cm³/mol. The van der Waals surface area contributed by atoms with Gasteiger partial charge in [-0.1, -0.05) is 60.1 Å². The molecule has 0 saturated carbocycles. The molecule has 0 amide bonds. The number of carbonyl (C=O) groups excluding carboxylic acids is 1. The zero-order valence-corrected chi connectivity index (χ0v) is 11.8. The Morgan fingerprint density at radius 2 is 1.67 bits per heavy atom. The molecule has 1 aliphatic rings. The van der Waals surface area contributed by atoms with Gasteiger partial charge in [-0.2, -0.15) is 0 Å². The number of cyclic esters (lactones) is 1. The standard InChI is InChI=1S/C18H11ClO2/c19-13-8-5-12(6-9-13)17-15-10-7-11-3-1-2-4-14(11)16(15)18(20)21-17/h1-10,17H. The van der Waals surface area contributed by atoms with Gasteiger partial charge in [-0.15, -0.1) is 0 Å². The van der Waals surface area contributed by atoms with Crippen molar-refractivity contribution >= 4 is 28.3 Å². The highest BCUT2D eigenvalue weighted by Gasteiger charge is 2.33. The minimum absolute atomic E-state index is 0.262. The van der Waals surface area contributed by atoms with Crippen molar-refractivity contribution in [3.8, 4) is 0 Å². The zero-order chi connectivity index (χ0) is 14.4. The Morgan fingerprint density at radius 3 is 2.48 bits per heavy atom. The predicted octanol–water partition coefficient (Wildman–Crippen LogP) is 4.75. The average molecular weight is 295 g/mol. The quantitative estimate of drug-likeness (QED) is 0.605. The number of hydrogen-bond donors (Lipinski definition) is 0. The molecule has 1 unspecified atom stereocenters. The molecule has 0 N–H and O–H groups in total. The third-order valence-electron chi connectivity index (χ3n) is 3.85. The van der Waals surface area contributed by atoms with Gasteiger partial charge in [0.1, 0.15) is 0 Å². The van der Waals surface area contributed by atoms with Crippen LogP contribution in [0, 0.1) is 0 Å². The largest absolute Gasteiger partial charge is 0.449 e. The highest BCUT2D eigenvalue weighted by atomic mass is 35.5. The van der Waals surface area contributed by atoms with Gasteiger partial charge in [0, 0.05) is 10.6 Å². The van der Waals surface area contributed by atoms with Crippen molar-refractivity contribution in [1.82, 2.24) is 0 Å². The van der Waals surface area contributed by atoms with Gasteiger partial charge in [0.05, 0.1) is 5.56 Å². The summed E-state index contributed by atoms with van der Waals surface area (Å²) in [7, 11) is 0. The second-order valence-corrected chi connectivity index (χ2v) is 5.52. The van der Waals surface area contributed by atoms with Gasteiger partial charge < -0.3 is 4.74 Å².